The van der Waals surface area contributed by atoms with Crippen LogP contribution in [0.1, 0.15) is 0 Å². The van der Waals surface area contributed by atoms with Gasteiger partial charge in [-0.2, -0.15) is 0 Å². The zero-order chi connectivity index (χ0) is 22.9. The third-order valence-electron chi connectivity index (χ3n) is 5.21. The highest BCUT2D eigenvalue weighted by atomic mass is 32.2. The number of nitrogens with zero attached hydrogens (tertiary/aromatic N) is 3. The second-order valence-electron chi connectivity index (χ2n) is 8.16. The fraction of sp³-hybridized carbons (Fsp3) is 0.250. The quantitative estimate of drug-likeness (QED) is 0.633. The summed E-state index contributed by atoms with van der Waals surface area (Å²) in [7, 11) is 8.56. The van der Waals surface area contributed by atoms with Crippen molar-refractivity contribution in [3.63, 3.8) is 0 Å². The summed E-state index contributed by atoms with van der Waals surface area (Å²) < 4.78 is 23.2. The lowest BCUT2D eigenvalue weighted by molar-refractivity contribution is 0.598. The maximum absolute atomic E-state index is 11.6. The molecule has 0 saturated carbocycles. The smallest absolute Gasteiger partial charge is 0.238 e. The zero-order valence-corrected chi connectivity index (χ0v) is 19.7. The van der Waals surface area contributed by atoms with Crippen molar-refractivity contribution >= 4 is 27.1 Å². The van der Waals surface area contributed by atoms with Crippen LogP contribution < -0.4 is 19.8 Å². The number of nitrogens with two attached hydrogens (primary N) is 1. The minimum atomic E-state index is -3.72. The molecule has 0 spiro atoms. The van der Waals surface area contributed by atoms with Crippen LogP contribution in [-0.4, -0.2) is 50.7 Å². The summed E-state index contributed by atoms with van der Waals surface area (Å²) in [4.78, 5) is 6.48. The van der Waals surface area contributed by atoms with E-state index in [-0.39, 0.29) is 4.90 Å². The molecule has 164 valence electrons. The van der Waals surface area contributed by atoms with Crippen LogP contribution >= 0.6 is 0 Å². The second kappa shape index (κ2) is 8.61. The predicted octanol–water partition coefficient (Wildman–Crippen LogP) is 3.87. The largest absolute Gasteiger partial charge is 0.376 e. The molecule has 0 bridgehead atoms. The van der Waals surface area contributed by atoms with E-state index in [1.807, 2.05) is 46.4 Å². The number of benzene rings is 3. The summed E-state index contributed by atoms with van der Waals surface area (Å²) in [5, 5.41) is 5.25. The van der Waals surface area contributed by atoms with E-state index >= 15 is 0 Å². The van der Waals surface area contributed by atoms with Crippen molar-refractivity contribution in [1.29, 1.82) is 0 Å². The molecular weight excluding hydrogens is 408 g/mol. The molecule has 7 heteroatoms. The topological polar surface area (TPSA) is 69.9 Å². The maximum Gasteiger partial charge on any atom is 0.238 e. The molecule has 2 N–H and O–H groups in total. The van der Waals surface area contributed by atoms with Crippen molar-refractivity contribution < 1.29 is 8.42 Å². The number of sulfonamides is 1. The minimum absolute atomic E-state index is 0.105. The molecule has 0 aliphatic rings. The number of hydrogen-bond donors (Lipinski definition) is 1. The number of anilines is 3. The molecule has 31 heavy (non-hydrogen) atoms. The minimum Gasteiger partial charge on any atom is -0.376 e. The summed E-state index contributed by atoms with van der Waals surface area (Å²) in [5.74, 6) is 0. The van der Waals surface area contributed by atoms with Crippen molar-refractivity contribution in [1.82, 2.24) is 0 Å². The lowest BCUT2D eigenvalue weighted by Gasteiger charge is -2.29. The molecule has 0 saturated heterocycles. The Morgan fingerprint density at radius 2 is 1.10 bits per heavy atom. The zero-order valence-electron chi connectivity index (χ0n) is 18.9. The van der Waals surface area contributed by atoms with Crippen molar-refractivity contribution in [2.24, 2.45) is 5.14 Å². The molecule has 0 atom stereocenters. The maximum atomic E-state index is 11.6. The second-order valence-corrected chi connectivity index (χ2v) is 9.72. The Morgan fingerprint density at radius 3 is 1.48 bits per heavy atom. The van der Waals surface area contributed by atoms with E-state index in [2.05, 4.69) is 47.0 Å². The summed E-state index contributed by atoms with van der Waals surface area (Å²) in [6.45, 7) is 0. The van der Waals surface area contributed by atoms with Crippen molar-refractivity contribution in [3.05, 3.63) is 60.7 Å². The van der Waals surface area contributed by atoms with E-state index in [0.29, 0.717) is 0 Å². The summed E-state index contributed by atoms with van der Waals surface area (Å²) in [6.07, 6.45) is 0. The molecule has 0 heterocycles. The summed E-state index contributed by atoms with van der Waals surface area (Å²) >= 11 is 0. The first-order valence-electron chi connectivity index (χ1n) is 9.93. The van der Waals surface area contributed by atoms with E-state index in [9.17, 15) is 8.42 Å². The van der Waals surface area contributed by atoms with Gasteiger partial charge in [0.25, 0.3) is 0 Å². The molecule has 6 nitrogen and oxygen atoms in total. The first-order valence-corrected chi connectivity index (χ1v) is 11.5. The van der Waals surface area contributed by atoms with E-state index in [1.165, 1.54) is 0 Å². The van der Waals surface area contributed by atoms with Gasteiger partial charge in [0.1, 0.15) is 0 Å². The van der Waals surface area contributed by atoms with Crippen LogP contribution in [0.15, 0.2) is 65.6 Å². The average Bonchev–Trinajstić information content (AvgIpc) is 2.72. The van der Waals surface area contributed by atoms with Gasteiger partial charge in [0.05, 0.1) is 22.0 Å². The fourth-order valence-electron chi connectivity index (χ4n) is 3.71. The van der Waals surface area contributed by atoms with Gasteiger partial charge in [-0.25, -0.2) is 13.6 Å². The third-order valence-corrected chi connectivity index (χ3v) is 6.14. The molecule has 3 rings (SSSR count). The highest BCUT2D eigenvalue weighted by molar-refractivity contribution is 7.89. The number of primary sulfonamides is 1. The SMILES string of the molecule is CN(C)c1cc(-c2ccccc2-c2ccc(S(N)(=O)=O)cc2)cc(N(C)C)c1N(C)C. The van der Waals surface area contributed by atoms with Gasteiger partial charge in [-0.3, -0.25) is 0 Å². The molecular formula is C24H30N4O2S. The van der Waals surface area contributed by atoms with Crippen LogP contribution in [0.4, 0.5) is 17.1 Å². The van der Waals surface area contributed by atoms with Gasteiger partial charge in [-0.15, -0.1) is 0 Å². The summed E-state index contributed by atoms with van der Waals surface area (Å²) in [5.41, 5.74) is 7.49. The Hall–Kier alpha value is -3.03. The van der Waals surface area contributed by atoms with Gasteiger partial charge in [0, 0.05) is 42.3 Å². The van der Waals surface area contributed by atoms with Crippen molar-refractivity contribution in [2.75, 3.05) is 57.0 Å². The van der Waals surface area contributed by atoms with Gasteiger partial charge in [0.2, 0.25) is 10.0 Å². The lowest BCUT2D eigenvalue weighted by atomic mass is 9.93. The molecule has 0 amide bonds. The standard InChI is InChI=1S/C24H30N4O2S/c1-26(2)22-15-18(16-23(27(3)4)24(22)28(5)6)21-10-8-7-9-20(21)17-11-13-19(14-12-17)31(25,29)30/h7-16H,1-6H3,(H2,25,29,30). The van der Waals surface area contributed by atoms with Gasteiger partial charge >= 0.3 is 0 Å². The highest BCUT2D eigenvalue weighted by Crippen LogP contribution is 2.42. The Balaban J connectivity index is 2.23. The fourth-order valence-corrected chi connectivity index (χ4v) is 4.23. The van der Waals surface area contributed by atoms with Crippen LogP contribution in [0.2, 0.25) is 0 Å². The van der Waals surface area contributed by atoms with Crippen LogP contribution in [0.3, 0.4) is 0 Å². The molecule has 0 aliphatic carbocycles. The monoisotopic (exact) mass is 438 g/mol. The molecule has 3 aromatic carbocycles. The highest BCUT2D eigenvalue weighted by Gasteiger charge is 2.18. The van der Waals surface area contributed by atoms with Crippen LogP contribution in [0.5, 0.6) is 0 Å². The van der Waals surface area contributed by atoms with E-state index in [4.69, 9.17) is 5.14 Å². The van der Waals surface area contributed by atoms with E-state index < -0.39 is 10.0 Å². The van der Waals surface area contributed by atoms with E-state index in [1.54, 1.807) is 24.3 Å². The Bertz CT molecular complexity index is 1160. The first kappa shape index (κ1) is 22.7. The molecule has 0 radical (unpaired) electrons. The van der Waals surface area contributed by atoms with Gasteiger partial charge in [-0.05, 0) is 46.5 Å². The van der Waals surface area contributed by atoms with Crippen LogP contribution in [-0.2, 0) is 10.0 Å². The van der Waals surface area contributed by atoms with Crippen molar-refractivity contribution in [3.8, 4) is 22.3 Å². The van der Waals surface area contributed by atoms with Gasteiger partial charge in [-0.1, -0.05) is 36.4 Å². The van der Waals surface area contributed by atoms with E-state index in [0.717, 1.165) is 39.3 Å². The Kier molecular flexibility index (Phi) is 6.29. The molecule has 0 fully saturated rings. The van der Waals surface area contributed by atoms with Crippen molar-refractivity contribution in [2.45, 2.75) is 4.90 Å². The molecule has 0 unspecified atom stereocenters. The lowest BCUT2D eigenvalue weighted by Crippen LogP contribution is -2.21. The molecule has 3 aromatic rings. The van der Waals surface area contributed by atoms with Gasteiger partial charge in [0.15, 0.2) is 0 Å². The van der Waals surface area contributed by atoms with Crippen LogP contribution in [0, 0.1) is 0 Å². The number of hydrogen-bond acceptors (Lipinski definition) is 5. The Morgan fingerprint density at radius 1 is 0.645 bits per heavy atom. The molecule has 0 aromatic heterocycles. The average molecular weight is 439 g/mol. The third kappa shape index (κ3) is 4.68. The first-order chi connectivity index (χ1) is 14.5. The van der Waals surface area contributed by atoms with Crippen LogP contribution in [0.25, 0.3) is 22.3 Å². The number of rotatable bonds is 6. The predicted molar refractivity (Wildman–Crippen MR) is 132 cm³/mol. The Labute approximate surface area is 185 Å². The summed E-state index contributed by atoms with van der Waals surface area (Å²) in [6, 6.07) is 19.2. The van der Waals surface area contributed by atoms with Gasteiger partial charge < -0.3 is 14.7 Å². The molecule has 0 aliphatic heterocycles. The normalized spacial score (nSPS) is 11.3.